The van der Waals surface area contributed by atoms with Crippen LogP contribution in [0.25, 0.3) is 10.8 Å². The van der Waals surface area contributed by atoms with Gasteiger partial charge in [-0.05, 0) is 30.4 Å². The molecule has 22 heavy (non-hydrogen) atoms. The highest BCUT2D eigenvalue weighted by Gasteiger charge is 2.39. The van der Waals surface area contributed by atoms with Crippen molar-refractivity contribution >= 4 is 26.8 Å². The van der Waals surface area contributed by atoms with E-state index in [1.165, 1.54) is 6.07 Å². The Balaban J connectivity index is 2.09. The van der Waals surface area contributed by atoms with Gasteiger partial charge < -0.3 is 5.11 Å². The maximum Gasteiger partial charge on any atom is 0.318 e. The van der Waals surface area contributed by atoms with Crippen molar-refractivity contribution in [2.75, 3.05) is 6.54 Å². The number of nitrogens with zero attached hydrogens (tertiary/aromatic N) is 1. The molecule has 2 aromatic carbocycles. The number of fused-ring (bicyclic) bond motifs is 1. The van der Waals surface area contributed by atoms with E-state index >= 15 is 0 Å². The molecule has 0 unspecified atom stereocenters. The number of halogens is 1. The topological polar surface area (TPSA) is 74.7 Å². The summed E-state index contributed by atoms with van der Waals surface area (Å²) in [5, 5.41) is 9.71. The molecule has 3 rings (SSSR count). The SMILES string of the molecule is O=C(O)CN(C1CC1)S(=O)(=O)c1cc(F)c2ccccc2c1. The molecule has 0 radical (unpaired) electrons. The molecule has 0 saturated heterocycles. The number of carboxylic acids is 1. The second-order valence-electron chi connectivity index (χ2n) is 5.30. The van der Waals surface area contributed by atoms with Crippen molar-refractivity contribution in [1.29, 1.82) is 0 Å². The molecule has 0 spiro atoms. The first-order valence-electron chi connectivity index (χ1n) is 6.81. The highest BCUT2D eigenvalue weighted by molar-refractivity contribution is 7.89. The lowest BCUT2D eigenvalue weighted by atomic mass is 10.1. The van der Waals surface area contributed by atoms with Gasteiger partial charge in [-0.25, -0.2) is 12.8 Å². The van der Waals surface area contributed by atoms with Crippen LogP contribution in [0.2, 0.25) is 0 Å². The van der Waals surface area contributed by atoms with Crippen molar-refractivity contribution in [1.82, 2.24) is 4.31 Å². The molecule has 1 fully saturated rings. The summed E-state index contributed by atoms with van der Waals surface area (Å²) >= 11 is 0. The number of rotatable bonds is 5. The van der Waals surface area contributed by atoms with Crippen molar-refractivity contribution in [2.24, 2.45) is 0 Å². The highest BCUT2D eigenvalue weighted by atomic mass is 32.2. The maximum absolute atomic E-state index is 14.1. The summed E-state index contributed by atoms with van der Waals surface area (Å²) in [4.78, 5) is 10.7. The Hall–Kier alpha value is -1.99. The van der Waals surface area contributed by atoms with Crippen LogP contribution in [0.5, 0.6) is 0 Å². The monoisotopic (exact) mass is 323 g/mol. The number of aliphatic carboxylic acids is 1. The summed E-state index contributed by atoms with van der Waals surface area (Å²) in [7, 11) is -4.03. The lowest BCUT2D eigenvalue weighted by Gasteiger charge is -2.20. The van der Waals surface area contributed by atoms with Crippen molar-refractivity contribution < 1.29 is 22.7 Å². The molecule has 0 amide bonds. The average molecular weight is 323 g/mol. The van der Waals surface area contributed by atoms with Gasteiger partial charge in [-0.2, -0.15) is 4.31 Å². The second-order valence-corrected chi connectivity index (χ2v) is 7.19. The van der Waals surface area contributed by atoms with Gasteiger partial charge in [-0.1, -0.05) is 24.3 Å². The molecule has 0 heterocycles. The molecule has 5 nitrogen and oxygen atoms in total. The first-order chi connectivity index (χ1) is 10.4. The minimum Gasteiger partial charge on any atom is -0.480 e. The molecule has 0 atom stereocenters. The maximum atomic E-state index is 14.1. The Morgan fingerprint density at radius 3 is 2.59 bits per heavy atom. The number of hydrogen-bond acceptors (Lipinski definition) is 3. The molecule has 1 saturated carbocycles. The Labute approximate surface area is 127 Å². The predicted molar refractivity (Wildman–Crippen MR) is 78.5 cm³/mol. The Kier molecular flexibility index (Phi) is 3.62. The highest BCUT2D eigenvalue weighted by Crippen LogP contribution is 2.33. The molecule has 7 heteroatoms. The van der Waals surface area contributed by atoms with Crippen LogP contribution in [0.3, 0.4) is 0 Å². The molecule has 116 valence electrons. The molecule has 2 aromatic rings. The lowest BCUT2D eigenvalue weighted by Crippen LogP contribution is -2.37. The first kappa shape index (κ1) is 14.9. The van der Waals surface area contributed by atoms with Gasteiger partial charge in [-0.3, -0.25) is 4.79 Å². The van der Waals surface area contributed by atoms with Gasteiger partial charge in [0.15, 0.2) is 0 Å². The number of hydrogen-bond donors (Lipinski definition) is 1. The number of sulfonamides is 1. The van der Waals surface area contributed by atoms with Crippen molar-refractivity contribution in [3.05, 3.63) is 42.2 Å². The van der Waals surface area contributed by atoms with E-state index < -0.39 is 28.4 Å². The van der Waals surface area contributed by atoms with Crippen LogP contribution < -0.4 is 0 Å². The molecular formula is C15H14FNO4S. The van der Waals surface area contributed by atoms with Crippen LogP contribution in [0.1, 0.15) is 12.8 Å². The van der Waals surface area contributed by atoms with Gasteiger partial charge in [0.05, 0.1) is 4.90 Å². The molecule has 1 N–H and O–H groups in total. The third-order valence-corrected chi connectivity index (χ3v) is 5.51. The van der Waals surface area contributed by atoms with Gasteiger partial charge in [0, 0.05) is 11.4 Å². The van der Waals surface area contributed by atoms with E-state index in [0.29, 0.717) is 23.6 Å². The fourth-order valence-electron chi connectivity index (χ4n) is 2.43. The zero-order valence-electron chi connectivity index (χ0n) is 11.6. The molecule has 0 aliphatic heterocycles. The van der Waals surface area contributed by atoms with E-state index in [-0.39, 0.29) is 10.9 Å². The fourth-order valence-corrected chi connectivity index (χ4v) is 4.11. The van der Waals surface area contributed by atoms with Gasteiger partial charge >= 0.3 is 5.97 Å². The smallest absolute Gasteiger partial charge is 0.318 e. The van der Waals surface area contributed by atoms with E-state index in [1.54, 1.807) is 24.3 Å². The summed E-state index contributed by atoms with van der Waals surface area (Å²) in [6, 6.07) is 8.57. The Morgan fingerprint density at radius 2 is 1.95 bits per heavy atom. The molecule has 0 aromatic heterocycles. The van der Waals surface area contributed by atoms with Gasteiger partial charge in [0.2, 0.25) is 10.0 Å². The fraction of sp³-hybridized carbons (Fsp3) is 0.267. The van der Waals surface area contributed by atoms with Crippen molar-refractivity contribution in [3.63, 3.8) is 0 Å². The van der Waals surface area contributed by atoms with Gasteiger partial charge in [0.25, 0.3) is 0 Å². The minimum atomic E-state index is -4.03. The van der Waals surface area contributed by atoms with Crippen LogP contribution in [0, 0.1) is 5.82 Å². The minimum absolute atomic E-state index is 0.211. The summed E-state index contributed by atoms with van der Waals surface area (Å²) in [5.74, 6) is -1.86. The average Bonchev–Trinajstić information content (AvgIpc) is 3.29. The van der Waals surface area contributed by atoms with E-state index in [9.17, 15) is 17.6 Å². The van der Waals surface area contributed by atoms with Crippen LogP contribution in [0.4, 0.5) is 4.39 Å². The summed E-state index contributed by atoms with van der Waals surface area (Å²) in [6.45, 7) is -0.610. The van der Waals surface area contributed by atoms with E-state index in [0.717, 1.165) is 10.4 Å². The predicted octanol–water partition coefficient (Wildman–Crippen LogP) is 2.22. The van der Waals surface area contributed by atoms with Crippen molar-refractivity contribution in [3.8, 4) is 0 Å². The van der Waals surface area contributed by atoms with Gasteiger partial charge in [0.1, 0.15) is 12.4 Å². The van der Waals surface area contributed by atoms with Crippen LogP contribution in [0.15, 0.2) is 41.3 Å². The Bertz CT molecular complexity index is 846. The van der Waals surface area contributed by atoms with E-state index in [1.807, 2.05) is 0 Å². The number of carbonyl (C=O) groups is 1. The third kappa shape index (κ3) is 2.69. The lowest BCUT2D eigenvalue weighted by molar-refractivity contribution is -0.137. The van der Waals surface area contributed by atoms with Crippen LogP contribution in [-0.2, 0) is 14.8 Å². The van der Waals surface area contributed by atoms with Gasteiger partial charge in [-0.15, -0.1) is 0 Å². The summed E-state index contributed by atoms with van der Waals surface area (Å²) < 4.78 is 40.3. The van der Waals surface area contributed by atoms with Crippen LogP contribution >= 0.6 is 0 Å². The molecule has 0 bridgehead atoms. The Morgan fingerprint density at radius 1 is 1.27 bits per heavy atom. The van der Waals surface area contributed by atoms with E-state index in [2.05, 4.69) is 0 Å². The standard InChI is InChI=1S/C15H14FNO4S/c16-14-8-12(7-10-3-1-2-4-13(10)14)22(20,21)17(9-15(18)19)11-5-6-11/h1-4,7-8,11H,5-6,9H2,(H,18,19). The zero-order chi connectivity index (χ0) is 15.9. The zero-order valence-corrected chi connectivity index (χ0v) is 12.4. The first-order valence-corrected chi connectivity index (χ1v) is 8.25. The largest absolute Gasteiger partial charge is 0.480 e. The number of benzene rings is 2. The summed E-state index contributed by atoms with van der Waals surface area (Å²) in [6.07, 6.45) is 1.26. The molecular weight excluding hydrogens is 309 g/mol. The third-order valence-electron chi connectivity index (χ3n) is 3.64. The van der Waals surface area contributed by atoms with Crippen molar-refractivity contribution in [2.45, 2.75) is 23.8 Å². The van der Waals surface area contributed by atoms with E-state index in [4.69, 9.17) is 5.11 Å². The quantitative estimate of drug-likeness (QED) is 0.915. The summed E-state index contributed by atoms with van der Waals surface area (Å²) in [5.41, 5.74) is 0. The second kappa shape index (κ2) is 5.33. The van der Waals surface area contributed by atoms with Crippen LogP contribution in [-0.4, -0.2) is 36.4 Å². The number of carboxylic acid groups (broad SMARTS) is 1. The molecule has 1 aliphatic rings. The molecule has 1 aliphatic carbocycles. The normalized spacial score (nSPS) is 15.4.